The van der Waals surface area contributed by atoms with Crippen molar-refractivity contribution in [2.24, 2.45) is 0 Å². The summed E-state index contributed by atoms with van der Waals surface area (Å²) in [5.41, 5.74) is 8.94. The smallest absolute Gasteiger partial charge is 0.161 e. The molecule has 134 valence electrons. The Morgan fingerprint density at radius 3 is 2.04 bits per heavy atom. The van der Waals surface area contributed by atoms with Gasteiger partial charge in [0, 0.05) is 11.6 Å². The Hall–Kier alpha value is -2.94. The Morgan fingerprint density at radius 1 is 0.769 bits per heavy atom. The van der Waals surface area contributed by atoms with E-state index in [-0.39, 0.29) is 0 Å². The Balaban J connectivity index is 1.64. The van der Waals surface area contributed by atoms with E-state index in [1.807, 2.05) is 54.6 Å². The third-order valence-electron chi connectivity index (χ3n) is 4.43. The maximum Gasteiger partial charge on any atom is 0.161 e. The number of anilines is 1. The summed E-state index contributed by atoms with van der Waals surface area (Å²) in [6.07, 6.45) is 0.997. The highest BCUT2D eigenvalue weighted by Gasteiger charge is 2.12. The van der Waals surface area contributed by atoms with Crippen LogP contribution >= 0.6 is 0 Å². The first-order valence-corrected chi connectivity index (χ1v) is 9.00. The Labute approximate surface area is 155 Å². The van der Waals surface area contributed by atoms with E-state index in [1.54, 1.807) is 0 Å². The minimum absolute atomic E-state index is 0.317. The van der Waals surface area contributed by atoms with E-state index in [0.29, 0.717) is 19.1 Å². The third-order valence-corrected chi connectivity index (χ3v) is 4.43. The second-order valence-corrected chi connectivity index (χ2v) is 6.30. The Kier molecular flexibility index (Phi) is 6.15. The molecule has 0 aliphatic rings. The molecular weight excluding hydrogens is 322 g/mol. The summed E-state index contributed by atoms with van der Waals surface area (Å²) in [6, 6.07) is 26.0. The normalized spacial score (nSPS) is 11.7. The molecule has 0 radical (unpaired) electrons. The zero-order valence-electron chi connectivity index (χ0n) is 15.1. The SMILES string of the molecule is CCC(COc1ccccc1OCc1ccccc1)c1ccc(N)cc1. The van der Waals surface area contributed by atoms with Crippen molar-refractivity contribution < 1.29 is 9.47 Å². The molecular formula is C23H25NO2. The van der Waals surface area contributed by atoms with Crippen molar-refractivity contribution >= 4 is 5.69 Å². The molecule has 3 nitrogen and oxygen atoms in total. The van der Waals surface area contributed by atoms with Gasteiger partial charge in [-0.2, -0.15) is 0 Å². The molecule has 3 aromatic carbocycles. The summed E-state index contributed by atoms with van der Waals surface area (Å²) in [4.78, 5) is 0. The molecule has 0 bridgehead atoms. The monoisotopic (exact) mass is 347 g/mol. The number of nitrogen functional groups attached to an aromatic ring is 1. The summed E-state index contributed by atoms with van der Waals surface area (Å²) in [5, 5.41) is 0. The molecule has 0 saturated carbocycles. The van der Waals surface area contributed by atoms with Gasteiger partial charge < -0.3 is 15.2 Å². The average Bonchev–Trinajstić information content (AvgIpc) is 2.69. The second-order valence-electron chi connectivity index (χ2n) is 6.30. The highest BCUT2D eigenvalue weighted by molar-refractivity contribution is 5.41. The molecule has 0 heterocycles. The third kappa shape index (κ3) is 4.79. The predicted molar refractivity (Wildman–Crippen MR) is 107 cm³/mol. The van der Waals surface area contributed by atoms with Gasteiger partial charge in [0.25, 0.3) is 0 Å². The van der Waals surface area contributed by atoms with Gasteiger partial charge >= 0.3 is 0 Å². The first kappa shape index (κ1) is 17.9. The van der Waals surface area contributed by atoms with Crippen LogP contribution in [0.25, 0.3) is 0 Å². The van der Waals surface area contributed by atoms with E-state index in [2.05, 4.69) is 31.2 Å². The van der Waals surface area contributed by atoms with Crippen LogP contribution < -0.4 is 15.2 Å². The van der Waals surface area contributed by atoms with E-state index < -0.39 is 0 Å². The first-order chi connectivity index (χ1) is 12.8. The lowest BCUT2D eigenvalue weighted by Gasteiger charge is -2.18. The van der Waals surface area contributed by atoms with Gasteiger partial charge in [0.15, 0.2) is 11.5 Å². The largest absolute Gasteiger partial charge is 0.489 e. The van der Waals surface area contributed by atoms with E-state index in [9.17, 15) is 0 Å². The minimum atomic E-state index is 0.317. The summed E-state index contributed by atoms with van der Waals surface area (Å²) >= 11 is 0. The van der Waals surface area contributed by atoms with Gasteiger partial charge in [-0.25, -0.2) is 0 Å². The molecule has 0 spiro atoms. The summed E-state index contributed by atoms with van der Waals surface area (Å²) in [7, 11) is 0. The van der Waals surface area contributed by atoms with Crippen molar-refractivity contribution in [2.75, 3.05) is 12.3 Å². The minimum Gasteiger partial charge on any atom is -0.489 e. The maximum absolute atomic E-state index is 6.11. The number of rotatable bonds is 8. The fraction of sp³-hybridized carbons (Fsp3) is 0.217. The molecule has 0 saturated heterocycles. The van der Waals surface area contributed by atoms with E-state index in [0.717, 1.165) is 29.2 Å². The van der Waals surface area contributed by atoms with Crippen LogP contribution in [-0.2, 0) is 6.61 Å². The van der Waals surface area contributed by atoms with Crippen LogP contribution in [0, 0.1) is 0 Å². The average molecular weight is 347 g/mol. The molecule has 3 rings (SSSR count). The number of benzene rings is 3. The lowest BCUT2D eigenvalue weighted by molar-refractivity contribution is 0.248. The van der Waals surface area contributed by atoms with Gasteiger partial charge in [-0.15, -0.1) is 0 Å². The standard InChI is InChI=1S/C23H25NO2/c1-2-19(20-12-14-21(24)15-13-20)17-26-23-11-7-6-10-22(23)25-16-18-8-4-3-5-9-18/h3-15,19H,2,16-17,24H2,1H3. The number of para-hydroxylation sites is 2. The van der Waals surface area contributed by atoms with Crippen LogP contribution in [0.3, 0.4) is 0 Å². The Bertz CT molecular complexity index is 800. The topological polar surface area (TPSA) is 44.5 Å². The van der Waals surface area contributed by atoms with Crippen molar-refractivity contribution in [3.8, 4) is 11.5 Å². The van der Waals surface area contributed by atoms with Crippen LogP contribution in [0.4, 0.5) is 5.69 Å². The molecule has 0 aliphatic carbocycles. The molecule has 3 aromatic rings. The molecule has 2 N–H and O–H groups in total. The van der Waals surface area contributed by atoms with E-state index >= 15 is 0 Å². The zero-order chi connectivity index (χ0) is 18.2. The quantitative estimate of drug-likeness (QED) is 0.553. The molecule has 3 heteroatoms. The van der Waals surface area contributed by atoms with Crippen LogP contribution in [-0.4, -0.2) is 6.61 Å². The lowest BCUT2D eigenvalue weighted by Crippen LogP contribution is -2.10. The number of hydrogen-bond donors (Lipinski definition) is 1. The van der Waals surface area contributed by atoms with Crippen molar-refractivity contribution in [3.63, 3.8) is 0 Å². The highest BCUT2D eigenvalue weighted by Crippen LogP contribution is 2.29. The van der Waals surface area contributed by atoms with Gasteiger partial charge in [-0.3, -0.25) is 0 Å². The van der Waals surface area contributed by atoms with Crippen LogP contribution in [0.2, 0.25) is 0 Å². The fourth-order valence-electron chi connectivity index (χ4n) is 2.83. The van der Waals surface area contributed by atoms with Gasteiger partial charge in [0.2, 0.25) is 0 Å². The number of hydrogen-bond acceptors (Lipinski definition) is 3. The molecule has 1 atom stereocenters. The van der Waals surface area contributed by atoms with E-state index in [1.165, 1.54) is 5.56 Å². The van der Waals surface area contributed by atoms with Crippen molar-refractivity contribution in [2.45, 2.75) is 25.9 Å². The maximum atomic E-state index is 6.11. The first-order valence-electron chi connectivity index (χ1n) is 9.00. The van der Waals surface area contributed by atoms with Gasteiger partial charge in [0.1, 0.15) is 6.61 Å². The molecule has 0 aliphatic heterocycles. The highest BCUT2D eigenvalue weighted by atomic mass is 16.5. The van der Waals surface area contributed by atoms with Gasteiger partial charge in [-0.1, -0.05) is 61.5 Å². The Morgan fingerprint density at radius 2 is 1.38 bits per heavy atom. The summed E-state index contributed by atoms with van der Waals surface area (Å²) in [6.45, 7) is 3.30. The molecule has 1 unspecified atom stereocenters. The summed E-state index contributed by atoms with van der Waals surface area (Å²) < 4.78 is 12.1. The van der Waals surface area contributed by atoms with Gasteiger partial charge in [-0.05, 0) is 41.8 Å². The van der Waals surface area contributed by atoms with Crippen molar-refractivity contribution in [1.29, 1.82) is 0 Å². The fourth-order valence-corrected chi connectivity index (χ4v) is 2.83. The zero-order valence-corrected chi connectivity index (χ0v) is 15.1. The summed E-state index contributed by atoms with van der Waals surface area (Å²) in [5.74, 6) is 1.86. The second kappa shape index (κ2) is 8.95. The number of nitrogens with two attached hydrogens (primary N) is 1. The predicted octanol–water partition coefficient (Wildman–Crippen LogP) is 5.42. The van der Waals surface area contributed by atoms with Gasteiger partial charge in [0.05, 0.1) is 6.61 Å². The van der Waals surface area contributed by atoms with Crippen molar-refractivity contribution in [3.05, 3.63) is 90.0 Å². The van der Waals surface area contributed by atoms with Crippen molar-refractivity contribution in [1.82, 2.24) is 0 Å². The molecule has 0 fully saturated rings. The number of ether oxygens (including phenoxy) is 2. The van der Waals surface area contributed by atoms with Crippen LogP contribution in [0.15, 0.2) is 78.9 Å². The van der Waals surface area contributed by atoms with E-state index in [4.69, 9.17) is 15.2 Å². The molecule has 0 aromatic heterocycles. The lowest BCUT2D eigenvalue weighted by atomic mass is 9.97. The van der Waals surface area contributed by atoms with Crippen LogP contribution in [0.5, 0.6) is 11.5 Å². The molecule has 26 heavy (non-hydrogen) atoms. The molecule has 0 amide bonds. The van der Waals surface area contributed by atoms with Crippen LogP contribution in [0.1, 0.15) is 30.4 Å².